The first-order valence-corrected chi connectivity index (χ1v) is 13.0. The second-order valence-electron chi connectivity index (χ2n) is 8.40. The third-order valence-electron chi connectivity index (χ3n) is 5.94. The number of benzene rings is 3. The van der Waals surface area contributed by atoms with Gasteiger partial charge in [-0.2, -0.15) is 5.10 Å². The minimum atomic E-state index is -1.13. The molecule has 0 N–H and O–H groups in total. The first kappa shape index (κ1) is 23.5. The summed E-state index contributed by atoms with van der Waals surface area (Å²) in [6.45, 7) is 2.15. The summed E-state index contributed by atoms with van der Waals surface area (Å²) in [5, 5.41) is 6.56. The van der Waals surface area contributed by atoms with Crippen LogP contribution in [0.5, 0.6) is 11.5 Å². The van der Waals surface area contributed by atoms with Crippen molar-refractivity contribution >= 4 is 57.9 Å². The molecule has 0 bridgehead atoms. The third-order valence-corrected chi connectivity index (χ3v) is 8.64. The van der Waals surface area contributed by atoms with Gasteiger partial charge >= 0.3 is 5.97 Å². The van der Waals surface area contributed by atoms with Gasteiger partial charge in [-0.05, 0) is 72.3 Å². The molecule has 1 fully saturated rings. The highest BCUT2D eigenvalue weighted by Gasteiger charge is 2.60. The molecule has 1 atom stereocenters. The van der Waals surface area contributed by atoms with Gasteiger partial charge < -0.3 is 14.2 Å². The Labute approximate surface area is 221 Å². The fourth-order valence-electron chi connectivity index (χ4n) is 4.27. The maximum absolute atomic E-state index is 14.1. The fourth-order valence-corrected chi connectivity index (χ4v) is 7.17. The van der Waals surface area contributed by atoms with Gasteiger partial charge in [0.1, 0.15) is 0 Å². The number of thioether (sulfide) groups is 2. The molecule has 3 aliphatic heterocycles. The molecule has 0 aliphatic carbocycles. The molecule has 1 amide bonds. The van der Waals surface area contributed by atoms with E-state index < -0.39 is 10.3 Å². The number of carbonyl (C=O) groups is 2. The average Bonchev–Trinajstić information content (AvgIpc) is 3.60. The van der Waals surface area contributed by atoms with Crippen molar-refractivity contribution < 1.29 is 23.8 Å². The predicted molar refractivity (Wildman–Crippen MR) is 145 cm³/mol. The summed E-state index contributed by atoms with van der Waals surface area (Å²) in [5.74, 6) is 0.532. The monoisotopic (exact) mass is 531 g/mol. The maximum Gasteiger partial charge on any atom is 0.365 e. The first-order valence-electron chi connectivity index (χ1n) is 11.4. The number of fused-ring (bicyclic) bond motifs is 1. The van der Waals surface area contributed by atoms with E-state index in [0.29, 0.717) is 22.1 Å². The Morgan fingerprint density at radius 3 is 2.57 bits per heavy atom. The van der Waals surface area contributed by atoms with Crippen molar-refractivity contribution in [1.82, 2.24) is 0 Å². The Morgan fingerprint density at radius 2 is 1.78 bits per heavy atom. The quantitative estimate of drug-likeness (QED) is 0.336. The number of para-hydroxylation sites is 1. The van der Waals surface area contributed by atoms with Crippen LogP contribution in [0.3, 0.4) is 0 Å². The molecule has 8 nitrogen and oxygen atoms in total. The van der Waals surface area contributed by atoms with Crippen molar-refractivity contribution in [2.75, 3.05) is 23.8 Å². The average molecular weight is 532 g/mol. The number of hydrogen-bond acceptors (Lipinski definition) is 9. The lowest BCUT2D eigenvalue weighted by Gasteiger charge is -2.38. The Bertz CT molecular complexity index is 1480. The molecule has 186 valence electrons. The number of nitrogens with zero attached hydrogens (tertiary/aromatic N) is 3. The maximum atomic E-state index is 14.1. The molecule has 0 radical (unpaired) electrons. The molecule has 10 heteroatoms. The van der Waals surface area contributed by atoms with Crippen molar-refractivity contribution in [2.24, 2.45) is 5.10 Å². The van der Waals surface area contributed by atoms with Gasteiger partial charge in [-0.25, -0.2) is 9.80 Å². The van der Waals surface area contributed by atoms with Gasteiger partial charge in [0.25, 0.3) is 5.91 Å². The highest BCUT2D eigenvalue weighted by Crippen LogP contribution is 2.59. The lowest BCUT2D eigenvalue weighted by Crippen LogP contribution is -2.51. The van der Waals surface area contributed by atoms with Crippen LogP contribution in [-0.4, -0.2) is 35.1 Å². The zero-order valence-electron chi connectivity index (χ0n) is 19.9. The zero-order valence-corrected chi connectivity index (χ0v) is 21.5. The Kier molecular flexibility index (Phi) is 5.85. The summed E-state index contributed by atoms with van der Waals surface area (Å²) in [6, 6.07) is 22.7. The summed E-state index contributed by atoms with van der Waals surface area (Å²) in [7, 11) is 1.32. The van der Waals surface area contributed by atoms with Crippen LogP contribution in [0.2, 0.25) is 0 Å². The Morgan fingerprint density at radius 1 is 1.00 bits per heavy atom. The molecule has 3 heterocycles. The van der Waals surface area contributed by atoms with Crippen LogP contribution in [-0.2, 0) is 14.3 Å². The molecule has 3 aromatic rings. The summed E-state index contributed by atoms with van der Waals surface area (Å²) >= 11 is 2.52. The predicted octanol–water partition coefficient (Wildman–Crippen LogP) is 5.20. The molecular formula is C27H21N3O5S2. The molecule has 6 rings (SSSR count). The van der Waals surface area contributed by atoms with Crippen molar-refractivity contribution in [3.63, 3.8) is 0 Å². The van der Waals surface area contributed by atoms with Crippen LogP contribution in [0.25, 0.3) is 6.08 Å². The summed E-state index contributed by atoms with van der Waals surface area (Å²) < 4.78 is 14.8. The number of amides is 1. The van der Waals surface area contributed by atoms with E-state index in [1.54, 1.807) is 9.91 Å². The smallest absolute Gasteiger partial charge is 0.365 e. The molecule has 0 aromatic heterocycles. The van der Waals surface area contributed by atoms with E-state index in [2.05, 4.69) is 5.10 Å². The normalized spacial score (nSPS) is 21.2. The number of esters is 1. The van der Waals surface area contributed by atoms with Gasteiger partial charge in [-0.3, -0.25) is 9.69 Å². The van der Waals surface area contributed by atoms with Crippen LogP contribution >= 0.6 is 23.5 Å². The van der Waals surface area contributed by atoms with Crippen LogP contribution < -0.4 is 19.4 Å². The zero-order chi connectivity index (χ0) is 25.6. The van der Waals surface area contributed by atoms with Gasteiger partial charge in [-0.1, -0.05) is 48.2 Å². The van der Waals surface area contributed by atoms with Gasteiger partial charge in [-0.15, -0.1) is 0 Å². The largest absolute Gasteiger partial charge is 0.464 e. The molecule has 0 unspecified atom stereocenters. The van der Waals surface area contributed by atoms with Crippen LogP contribution in [0.15, 0.2) is 82.8 Å². The number of ether oxygens (including phenoxy) is 3. The lowest BCUT2D eigenvalue weighted by molar-refractivity contribution is -0.132. The Hall–Kier alpha value is -3.89. The van der Waals surface area contributed by atoms with E-state index in [1.165, 1.54) is 30.6 Å². The van der Waals surface area contributed by atoms with E-state index in [9.17, 15) is 9.59 Å². The minimum absolute atomic E-state index is 0.162. The molecule has 3 aromatic carbocycles. The molecule has 1 saturated heterocycles. The molecule has 0 saturated carbocycles. The standard InChI is InChI=1S/C27H21N3O5S2/c1-17-7-6-10-20(13-17)30-27(37-24(28-30)26(32)33-2)29(19-8-4-3-5-9-19)25(31)23(36-27)15-18-11-12-21-22(14-18)35-16-34-21/h3-15H,16H2,1-2H3/b23-15-/t27-/m1/s1. The second kappa shape index (κ2) is 9.20. The molecular weight excluding hydrogens is 510 g/mol. The Balaban J connectivity index is 1.50. The lowest BCUT2D eigenvalue weighted by atomic mass is 10.2. The van der Waals surface area contributed by atoms with E-state index in [4.69, 9.17) is 14.2 Å². The topological polar surface area (TPSA) is 80.7 Å². The number of hydrazone groups is 1. The van der Waals surface area contributed by atoms with E-state index in [-0.39, 0.29) is 17.7 Å². The van der Waals surface area contributed by atoms with Crippen molar-refractivity contribution in [2.45, 2.75) is 11.3 Å². The van der Waals surface area contributed by atoms with Crippen molar-refractivity contribution in [3.05, 3.63) is 88.8 Å². The molecule has 1 spiro atoms. The number of carbonyl (C=O) groups excluding carboxylic acids is 2. The first-order chi connectivity index (χ1) is 18.0. The van der Waals surface area contributed by atoms with Crippen molar-refractivity contribution in [1.29, 1.82) is 0 Å². The number of anilines is 2. The van der Waals surface area contributed by atoms with E-state index >= 15 is 0 Å². The van der Waals surface area contributed by atoms with Gasteiger partial charge in [0.05, 0.1) is 17.7 Å². The number of methoxy groups -OCH3 is 1. The van der Waals surface area contributed by atoms with Crippen LogP contribution in [0.4, 0.5) is 11.4 Å². The number of rotatable bonds is 4. The van der Waals surface area contributed by atoms with Crippen LogP contribution in [0, 0.1) is 6.92 Å². The number of hydrogen-bond donors (Lipinski definition) is 0. The summed E-state index contributed by atoms with van der Waals surface area (Å²) in [5.41, 5.74) is 3.25. The van der Waals surface area contributed by atoms with Gasteiger partial charge in [0.15, 0.2) is 11.5 Å². The third kappa shape index (κ3) is 4.02. The number of aryl methyl sites for hydroxylation is 1. The van der Waals surface area contributed by atoms with Crippen LogP contribution in [0.1, 0.15) is 11.1 Å². The minimum Gasteiger partial charge on any atom is -0.464 e. The summed E-state index contributed by atoms with van der Waals surface area (Å²) in [4.78, 5) is 28.9. The highest BCUT2D eigenvalue weighted by atomic mass is 32.2. The summed E-state index contributed by atoms with van der Waals surface area (Å²) in [6.07, 6.45) is 1.82. The van der Waals surface area contributed by atoms with Gasteiger partial charge in [0, 0.05) is 5.69 Å². The molecule has 3 aliphatic rings. The second-order valence-corrected chi connectivity index (χ2v) is 11.0. The van der Waals surface area contributed by atoms with E-state index in [0.717, 1.165) is 16.8 Å². The highest BCUT2D eigenvalue weighted by molar-refractivity contribution is 8.29. The van der Waals surface area contributed by atoms with Gasteiger partial charge in [0.2, 0.25) is 16.2 Å². The van der Waals surface area contributed by atoms with Crippen molar-refractivity contribution in [3.8, 4) is 11.5 Å². The van der Waals surface area contributed by atoms with E-state index in [1.807, 2.05) is 85.8 Å². The fraction of sp³-hybridized carbons (Fsp3) is 0.148. The molecule has 37 heavy (non-hydrogen) atoms. The SMILES string of the molecule is COC(=O)C1=NN(c2cccc(C)c2)[C@@]2(S1)S/C(=C\c1ccc3c(c1)OCO3)C(=O)N2c1ccccc1.